The van der Waals surface area contributed by atoms with Crippen molar-refractivity contribution in [2.45, 2.75) is 0 Å². The van der Waals surface area contributed by atoms with Crippen LogP contribution in [0.15, 0.2) is 53.5 Å². The number of aromatic nitrogens is 3. The highest BCUT2D eigenvalue weighted by molar-refractivity contribution is 6.31. The maximum atomic E-state index is 11.9. The minimum atomic E-state index is -0.188. The first-order valence-electron chi connectivity index (χ1n) is 6.48. The molecule has 0 amide bonds. The molecule has 0 unspecified atom stereocenters. The van der Waals surface area contributed by atoms with Gasteiger partial charge >= 0.3 is 0 Å². The lowest BCUT2D eigenvalue weighted by Crippen LogP contribution is -2.09. The quantitative estimate of drug-likeness (QED) is 0.562. The summed E-state index contributed by atoms with van der Waals surface area (Å²) in [5, 5.41) is 9.87. The van der Waals surface area contributed by atoms with Crippen molar-refractivity contribution < 1.29 is 0 Å². The Morgan fingerprint density at radius 1 is 1.00 bits per heavy atom. The fourth-order valence-electron chi connectivity index (χ4n) is 2.61. The molecule has 0 saturated heterocycles. The van der Waals surface area contributed by atoms with Gasteiger partial charge in [-0.2, -0.15) is 5.10 Å². The highest BCUT2D eigenvalue weighted by atomic mass is 35.5. The minimum absolute atomic E-state index is 0.188. The number of hydrogen-bond acceptors (Lipinski definition) is 2. The molecule has 2 N–H and O–H groups in total. The third kappa shape index (κ3) is 1.84. The standard InChI is InChI=1S/C16H10ClN3O/c17-9-5-6-14-12(7-9)13(8-18-14)15-10-3-1-2-4-11(10)16(21)20-19-15/h1-8,18H,(H,20,21). The molecule has 0 aliphatic carbocycles. The zero-order chi connectivity index (χ0) is 14.4. The van der Waals surface area contributed by atoms with Gasteiger partial charge in [0, 0.05) is 33.1 Å². The van der Waals surface area contributed by atoms with Crippen LogP contribution in [0.3, 0.4) is 0 Å². The zero-order valence-corrected chi connectivity index (χ0v) is 11.6. The van der Waals surface area contributed by atoms with Crippen molar-refractivity contribution in [2.75, 3.05) is 0 Å². The van der Waals surface area contributed by atoms with E-state index in [9.17, 15) is 4.79 Å². The van der Waals surface area contributed by atoms with Crippen molar-refractivity contribution in [1.82, 2.24) is 15.2 Å². The van der Waals surface area contributed by atoms with Crippen molar-refractivity contribution in [2.24, 2.45) is 0 Å². The molecule has 0 spiro atoms. The van der Waals surface area contributed by atoms with Gasteiger partial charge in [-0.25, -0.2) is 5.10 Å². The molecule has 0 saturated carbocycles. The van der Waals surface area contributed by atoms with Gasteiger partial charge < -0.3 is 4.98 Å². The van der Waals surface area contributed by atoms with E-state index < -0.39 is 0 Å². The molecule has 5 heteroatoms. The van der Waals surface area contributed by atoms with Crippen molar-refractivity contribution in [1.29, 1.82) is 0 Å². The van der Waals surface area contributed by atoms with E-state index in [1.54, 1.807) is 6.07 Å². The monoisotopic (exact) mass is 295 g/mol. The van der Waals surface area contributed by atoms with Crippen LogP contribution in [0, 0.1) is 0 Å². The number of nitrogens with one attached hydrogen (secondary N) is 2. The summed E-state index contributed by atoms with van der Waals surface area (Å²) in [4.78, 5) is 15.1. The second-order valence-corrected chi connectivity index (χ2v) is 5.28. The van der Waals surface area contributed by atoms with Gasteiger partial charge in [-0.1, -0.05) is 29.8 Å². The number of aromatic amines is 2. The van der Waals surface area contributed by atoms with E-state index in [2.05, 4.69) is 15.2 Å². The highest BCUT2D eigenvalue weighted by Gasteiger charge is 2.12. The summed E-state index contributed by atoms with van der Waals surface area (Å²) in [6.45, 7) is 0. The lowest BCUT2D eigenvalue weighted by atomic mass is 10.0. The topological polar surface area (TPSA) is 61.5 Å². The van der Waals surface area contributed by atoms with Crippen molar-refractivity contribution in [3.05, 3.63) is 64.0 Å². The van der Waals surface area contributed by atoms with Crippen molar-refractivity contribution >= 4 is 33.3 Å². The molecule has 4 rings (SSSR count). The molecule has 2 aromatic carbocycles. The van der Waals surface area contributed by atoms with Gasteiger partial charge in [0.05, 0.1) is 5.39 Å². The molecule has 4 nitrogen and oxygen atoms in total. The fraction of sp³-hybridized carbons (Fsp3) is 0. The predicted molar refractivity (Wildman–Crippen MR) is 84.7 cm³/mol. The number of rotatable bonds is 1. The molecule has 4 aromatic rings. The summed E-state index contributed by atoms with van der Waals surface area (Å²) in [5.74, 6) is 0. The fourth-order valence-corrected chi connectivity index (χ4v) is 2.78. The van der Waals surface area contributed by atoms with Gasteiger partial charge in [-0.3, -0.25) is 4.79 Å². The Kier molecular flexibility index (Phi) is 2.59. The maximum absolute atomic E-state index is 11.9. The van der Waals surface area contributed by atoms with Gasteiger partial charge in [0.1, 0.15) is 5.69 Å². The van der Waals surface area contributed by atoms with Gasteiger partial charge in [-0.05, 0) is 24.3 Å². The maximum Gasteiger partial charge on any atom is 0.272 e. The number of halogens is 1. The Hall–Kier alpha value is -2.59. The first-order valence-corrected chi connectivity index (χ1v) is 6.86. The first kappa shape index (κ1) is 12.2. The van der Waals surface area contributed by atoms with Gasteiger partial charge in [0.15, 0.2) is 0 Å². The Morgan fingerprint density at radius 2 is 1.81 bits per heavy atom. The average molecular weight is 296 g/mol. The van der Waals surface area contributed by atoms with E-state index in [0.717, 1.165) is 27.5 Å². The van der Waals surface area contributed by atoms with E-state index in [0.29, 0.717) is 10.4 Å². The Bertz CT molecular complexity index is 1030. The van der Waals surface area contributed by atoms with Gasteiger partial charge in [-0.15, -0.1) is 0 Å². The van der Waals surface area contributed by atoms with E-state index in [-0.39, 0.29) is 5.56 Å². The lowest BCUT2D eigenvalue weighted by molar-refractivity contribution is 1.02. The van der Waals surface area contributed by atoms with E-state index >= 15 is 0 Å². The van der Waals surface area contributed by atoms with Crippen LogP contribution in [-0.4, -0.2) is 15.2 Å². The largest absolute Gasteiger partial charge is 0.360 e. The average Bonchev–Trinajstić information content (AvgIpc) is 2.91. The number of hydrogen-bond donors (Lipinski definition) is 2. The van der Waals surface area contributed by atoms with E-state index in [1.165, 1.54) is 0 Å². The van der Waals surface area contributed by atoms with Crippen LogP contribution in [-0.2, 0) is 0 Å². The highest BCUT2D eigenvalue weighted by Crippen LogP contribution is 2.32. The van der Waals surface area contributed by atoms with Crippen molar-refractivity contribution in [3.63, 3.8) is 0 Å². The molecule has 102 valence electrons. The molecule has 0 aliphatic rings. The number of nitrogens with zero attached hydrogens (tertiary/aromatic N) is 1. The molecule has 2 aromatic heterocycles. The molecule has 2 heterocycles. The molecule has 21 heavy (non-hydrogen) atoms. The summed E-state index contributed by atoms with van der Waals surface area (Å²) in [6, 6.07) is 13.1. The molecule has 0 atom stereocenters. The SMILES string of the molecule is O=c1[nH]nc(-c2c[nH]c3ccc(Cl)cc23)c2ccccc12. The smallest absolute Gasteiger partial charge is 0.272 e. The van der Waals surface area contributed by atoms with Gasteiger partial charge in [0.2, 0.25) is 0 Å². The minimum Gasteiger partial charge on any atom is -0.360 e. The van der Waals surface area contributed by atoms with Crippen LogP contribution < -0.4 is 5.56 Å². The Labute approximate surface area is 124 Å². The molecule has 0 aliphatic heterocycles. The predicted octanol–water partition coefficient (Wildman–Crippen LogP) is 3.72. The molecule has 0 fully saturated rings. The normalized spacial score (nSPS) is 11.3. The zero-order valence-electron chi connectivity index (χ0n) is 10.9. The third-order valence-corrected chi connectivity index (χ3v) is 3.83. The molecule has 0 radical (unpaired) electrons. The Balaban J connectivity index is 2.12. The first-order chi connectivity index (χ1) is 10.2. The Morgan fingerprint density at radius 3 is 2.67 bits per heavy atom. The molecule has 0 bridgehead atoms. The summed E-state index contributed by atoms with van der Waals surface area (Å²) < 4.78 is 0. The number of H-pyrrole nitrogens is 2. The van der Waals surface area contributed by atoms with Crippen LogP contribution in [0.2, 0.25) is 5.02 Å². The van der Waals surface area contributed by atoms with Crippen LogP contribution in [0.25, 0.3) is 32.9 Å². The van der Waals surface area contributed by atoms with Crippen LogP contribution in [0.1, 0.15) is 0 Å². The number of fused-ring (bicyclic) bond motifs is 2. The van der Waals surface area contributed by atoms with E-state index in [4.69, 9.17) is 11.6 Å². The second kappa shape index (κ2) is 4.46. The van der Waals surface area contributed by atoms with Crippen molar-refractivity contribution in [3.8, 4) is 11.3 Å². The van der Waals surface area contributed by atoms with E-state index in [1.807, 2.05) is 42.6 Å². The summed E-state index contributed by atoms with van der Waals surface area (Å²) in [6.07, 6.45) is 1.88. The lowest BCUT2D eigenvalue weighted by Gasteiger charge is -2.04. The third-order valence-electron chi connectivity index (χ3n) is 3.59. The second-order valence-electron chi connectivity index (χ2n) is 4.84. The summed E-state index contributed by atoms with van der Waals surface area (Å²) in [7, 11) is 0. The summed E-state index contributed by atoms with van der Waals surface area (Å²) >= 11 is 6.09. The van der Waals surface area contributed by atoms with Crippen LogP contribution in [0.5, 0.6) is 0 Å². The molecular formula is C16H10ClN3O. The van der Waals surface area contributed by atoms with Crippen LogP contribution >= 0.6 is 11.6 Å². The summed E-state index contributed by atoms with van der Waals surface area (Å²) in [5.41, 5.74) is 2.44. The number of benzene rings is 2. The van der Waals surface area contributed by atoms with Crippen LogP contribution in [0.4, 0.5) is 0 Å². The van der Waals surface area contributed by atoms with Gasteiger partial charge in [0.25, 0.3) is 5.56 Å². The molecular weight excluding hydrogens is 286 g/mol.